The number of nitrogens with one attached hydrogen (secondary N) is 1. The molecule has 6 atom stereocenters. The van der Waals surface area contributed by atoms with Crippen LogP contribution in [0, 0.1) is 17.3 Å². The molecule has 3 aliphatic carbocycles. The Kier molecular flexibility index (Phi) is 5.86. The van der Waals surface area contributed by atoms with Crippen molar-refractivity contribution in [3.8, 4) is 0 Å². The highest BCUT2D eigenvalue weighted by molar-refractivity contribution is 5.75. The first-order chi connectivity index (χ1) is 13.8. The lowest BCUT2D eigenvalue weighted by atomic mass is 9.49. The molecule has 0 unspecified atom stereocenters. The number of hydrogen-bond donors (Lipinski definition) is 2. The topological polar surface area (TPSA) is 67.8 Å². The van der Waals surface area contributed by atoms with Crippen LogP contribution in [-0.2, 0) is 14.3 Å². The molecule has 0 bridgehead atoms. The highest BCUT2D eigenvalue weighted by Gasteiger charge is 2.67. The van der Waals surface area contributed by atoms with Gasteiger partial charge in [-0.3, -0.25) is 4.79 Å². The molecule has 0 aromatic carbocycles. The Hall–Kier alpha value is -0.910. The maximum absolute atomic E-state index is 12.7. The van der Waals surface area contributed by atoms with Crippen LogP contribution >= 0.6 is 0 Å². The van der Waals surface area contributed by atoms with Gasteiger partial charge in [-0.05, 0) is 77.7 Å². The van der Waals surface area contributed by atoms with Crippen LogP contribution in [0.1, 0.15) is 78.1 Å². The lowest BCUT2D eigenvalue weighted by Gasteiger charge is -2.62. The van der Waals surface area contributed by atoms with Crippen LogP contribution in [0.25, 0.3) is 0 Å². The summed E-state index contributed by atoms with van der Waals surface area (Å²) in [7, 11) is 1.71. The van der Waals surface area contributed by atoms with Gasteiger partial charge in [0.25, 0.3) is 0 Å². The van der Waals surface area contributed by atoms with Crippen molar-refractivity contribution in [2.45, 2.75) is 95.4 Å². The fourth-order valence-corrected chi connectivity index (χ4v) is 6.75. The van der Waals surface area contributed by atoms with E-state index in [0.29, 0.717) is 13.0 Å². The molecule has 1 saturated heterocycles. The van der Waals surface area contributed by atoms with E-state index < -0.39 is 11.2 Å². The molecule has 1 aliphatic heterocycles. The summed E-state index contributed by atoms with van der Waals surface area (Å²) in [6.07, 6.45) is 12.6. The van der Waals surface area contributed by atoms with Crippen LogP contribution in [0.2, 0.25) is 0 Å². The minimum atomic E-state index is -0.923. The van der Waals surface area contributed by atoms with Crippen molar-refractivity contribution in [2.75, 3.05) is 20.2 Å². The third-order valence-electron chi connectivity index (χ3n) is 8.83. The molecule has 0 radical (unpaired) electrons. The van der Waals surface area contributed by atoms with Gasteiger partial charge in [0.2, 0.25) is 0 Å². The van der Waals surface area contributed by atoms with E-state index in [-0.39, 0.29) is 29.3 Å². The summed E-state index contributed by atoms with van der Waals surface area (Å²) < 4.78 is 11.7. The number of carbonyl (C=O) groups is 1. The first-order valence-corrected chi connectivity index (χ1v) is 11.7. The fourth-order valence-electron chi connectivity index (χ4n) is 6.75. The number of esters is 1. The van der Waals surface area contributed by atoms with E-state index >= 15 is 0 Å². The van der Waals surface area contributed by atoms with Crippen LogP contribution < -0.4 is 5.32 Å². The van der Waals surface area contributed by atoms with Gasteiger partial charge in [0.05, 0.1) is 17.1 Å². The van der Waals surface area contributed by atoms with Gasteiger partial charge >= 0.3 is 5.97 Å². The van der Waals surface area contributed by atoms with Gasteiger partial charge in [-0.1, -0.05) is 18.6 Å². The highest BCUT2D eigenvalue weighted by atomic mass is 16.6. The Morgan fingerprint density at radius 3 is 2.79 bits per heavy atom. The third kappa shape index (κ3) is 3.57. The molecule has 0 aromatic rings. The minimum absolute atomic E-state index is 0.0644. The van der Waals surface area contributed by atoms with Crippen LogP contribution in [0.5, 0.6) is 0 Å². The molecule has 29 heavy (non-hydrogen) atoms. The second-order valence-corrected chi connectivity index (χ2v) is 10.4. The maximum Gasteiger partial charge on any atom is 0.310 e. The third-order valence-corrected chi connectivity index (χ3v) is 8.83. The Labute approximate surface area is 175 Å². The number of ether oxygens (including phenoxy) is 2. The fraction of sp³-hybridized carbons (Fsp3) is 0.875. The van der Waals surface area contributed by atoms with Crippen molar-refractivity contribution in [3.05, 3.63) is 11.6 Å². The van der Waals surface area contributed by atoms with Gasteiger partial charge in [0, 0.05) is 25.0 Å². The number of fused-ring (bicyclic) bond motifs is 2. The van der Waals surface area contributed by atoms with E-state index in [9.17, 15) is 9.90 Å². The second-order valence-electron chi connectivity index (χ2n) is 10.4. The van der Waals surface area contributed by atoms with Gasteiger partial charge in [-0.15, -0.1) is 0 Å². The molecule has 4 aliphatic rings. The van der Waals surface area contributed by atoms with E-state index in [1.165, 1.54) is 25.7 Å². The Bertz CT molecular complexity index is 663. The molecule has 1 heterocycles. The van der Waals surface area contributed by atoms with E-state index in [1.807, 2.05) is 6.92 Å². The monoisotopic (exact) mass is 405 g/mol. The summed E-state index contributed by atoms with van der Waals surface area (Å²) in [5, 5.41) is 15.5. The van der Waals surface area contributed by atoms with Gasteiger partial charge in [0.15, 0.2) is 0 Å². The molecule has 5 nitrogen and oxygen atoms in total. The molecule has 2 N–H and O–H groups in total. The number of carbonyl (C=O) groups excluding carboxylic acids is 1. The SMILES string of the molecule is CO[C@]1(C)CCC[C@]2(C)C[C@H]3OC(=O)[C@@H](CNCCC4=CCCCC4)[C@H]3C[C@@]21O. The zero-order valence-electron chi connectivity index (χ0n) is 18.5. The summed E-state index contributed by atoms with van der Waals surface area (Å²) in [6, 6.07) is 0. The van der Waals surface area contributed by atoms with Gasteiger partial charge in [0.1, 0.15) is 6.10 Å². The average molecular weight is 406 g/mol. The van der Waals surface area contributed by atoms with E-state index in [2.05, 4.69) is 18.3 Å². The van der Waals surface area contributed by atoms with Crippen molar-refractivity contribution in [1.82, 2.24) is 5.32 Å². The number of aliphatic hydroxyl groups is 1. The summed E-state index contributed by atoms with van der Waals surface area (Å²) >= 11 is 0. The number of rotatable bonds is 6. The quantitative estimate of drug-likeness (QED) is 0.400. The normalized spacial score (nSPS) is 44.6. The molecule has 0 amide bonds. The summed E-state index contributed by atoms with van der Waals surface area (Å²) in [5.74, 6) is -0.194. The summed E-state index contributed by atoms with van der Waals surface area (Å²) in [4.78, 5) is 12.7. The van der Waals surface area contributed by atoms with E-state index in [0.717, 1.165) is 38.6 Å². The van der Waals surface area contributed by atoms with E-state index in [1.54, 1.807) is 12.7 Å². The number of hydrogen-bond acceptors (Lipinski definition) is 5. The van der Waals surface area contributed by atoms with Crippen molar-refractivity contribution < 1.29 is 19.4 Å². The molecular weight excluding hydrogens is 366 g/mol. The zero-order valence-corrected chi connectivity index (χ0v) is 18.5. The predicted octanol–water partition coefficient (Wildman–Crippen LogP) is 3.74. The summed E-state index contributed by atoms with van der Waals surface area (Å²) in [6.45, 7) is 5.76. The van der Waals surface area contributed by atoms with Crippen LogP contribution in [0.3, 0.4) is 0 Å². The average Bonchev–Trinajstić information content (AvgIpc) is 2.99. The van der Waals surface area contributed by atoms with Crippen molar-refractivity contribution >= 4 is 5.97 Å². The molecule has 0 spiro atoms. The molecule has 3 fully saturated rings. The van der Waals surface area contributed by atoms with Crippen molar-refractivity contribution in [1.29, 1.82) is 0 Å². The Morgan fingerprint density at radius 2 is 2.07 bits per heavy atom. The van der Waals surface area contributed by atoms with Crippen molar-refractivity contribution in [2.24, 2.45) is 17.3 Å². The Balaban J connectivity index is 1.42. The highest BCUT2D eigenvalue weighted by Crippen LogP contribution is 2.61. The molecule has 5 heteroatoms. The van der Waals surface area contributed by atoms with Gasteiger partial charge < -0.3 is 19.9 Å². The Morgan fingerprint density at radius 1 is 1.24 bits per heavy atom. The summed E-state index contributed by atoms with van der Waals surface area (Å²) in [5.41, 5.74) is -0.209. The first-order valence-electron chi connectivity index (χ1n) is 11.7. The molecule has 164 valence electrons. The molecule has 0 aromatic heterocycles. The van der Waals surface area contributed by atoms with Gasteiger partial charge in [-0.2, -0.15) is 0 Å². The number of allylic oxidation sites excluding steroid dienone is 1. The minimum Gasteiger partial charge on any atom is -0.462 e. The molecule has 4 rings (SSSR count). The lowest BCUT2D eigenvalue weighted by molar-refractivity contribution is -0.270. The standard InChI is InChI=1S/C24H39NO4/c1-22-11-7-12-23(2,28-3)24(22,27)14-18-19(21(26)29-20(18)15-22)16-25-13-10-17-8-5-4-6-9-17/h8,18-20,25,27H,4-7,9-16H2,1-3H3/t18-,19+,20-,22-,23-,24-/m1/s1. The number of methoxy groups -OCH3 is 1. The van der Waals surface area contributed by atoms with Gasteiger partial charge in [-0.25, -0.2) is 0 Å². The van der Waals surface area contributed by atoms with Crippen LogP contribution in [0.4, 0.5) is 0 Å². The largest absolute Gasteiger partial charge is 0.462 e. The first kappa shape index (κ1) is 21.3. The maximum atomic E-state index is 12.7. The zero-order chi connectivity index (χ0) is 20.7. The van der Waals surface area contributed by atoms with E-state index in [4.69, 9.17) is 9.47 Å². The smallest absolute Gasteiger partial charge is 0.310 e. The van der Waals surface area contributed by atoms with Crippen molar-refractivity contribution in [3.63, 3.8) is 0 Å². The second kappa shape index (κ2) is 7.97. The molecule has 2 saturated carbocycles. The van der Waals surface area contributed by atoms with Crippen LogP contribution in [-0.4, -0.2) is 48.6 Å². The molecular formula is C24H39NO4. The lowest BCUT2D eigenvalue weighted by Crippen LogP contribution is -2.69. The predicted molar refractivity (Wildman–Crippen MR) is 112 cm³/mol. The van der Waals surface area contributed by atoms with Crippen LogP contribution in [0.15, 0.2) is 11.6 Å².